The number of carbonyl (C=O) groups is 2. The van der Waals surface area contributed by atoms with Crippen LogP contribution in [0.3, 0.4) is 0 Å². The van der Waals surface area contributed by atoms with Gasteiger partial charge in [0.1, 0.15) is 5.70 Å². The molecule has 27 heavy (non-hydrogen) atoms. The summed E-state index contributed by atoms with van der Waals surface area (Å²) in [6.07, 6.45) is 3.94. The van der Waals surface area contributed by atoms with Crippen molar-refractivity contribution < 1.29 is 9.59 Å². The van der Waals surface area contributed by atoms with Crippen LogP contribution in [0.2, 0.25) is 0 Å². The summed E-state index contributed by atoms with van der Waals surface area (Å²) in [5.74, 6) is -0.0998. The van der Waals surface area contributed by atoms with Crippen LogP contribution in [-0.2, 0) is 4.79 Å². The van der Waals surface area contributed by atoms with Crippen LogP contribution in [0, 0.1) is 0 Å². The Morgan fingerprint density at radius 2 is 1.33 bits per heavy atom. The van der Waals surface area contributed by atoms with Crippen molar-refractivity contribution in [2.75, 3.05) is 19.6 Å². The van der Waals surface area contributed by atoms with Crippen LogP contribution < -0.4 is 0 Å². The molecule has 0 radical (unpaired) electrons. The SMILES string of the molecule is O=C(C1=C(c2ccccc2)CCN1C(=O)c1ccccc1)N1CCCCC1. The Balaban J connectivity index is 1.74. The minimum absolute atomic E-state index is 0.00432. The first kappa shape index (κ1) is 17.5. The summed E-state index contributed by atoms with van der Waals surface area (Å²) in [4.78, 5) is 30.2. The zero-order valence-electron chi connectivity index (χ0n) is 15.4. The van der Waals surface area contributed by atoms with Crippen molar-refractivity contribution in [3.8, 4) is 0 Å². The number of piperidine rings is 1. The molecule has 0 bridgehead atoms. The predicted molar refractivity (Wildman–Crippen MR) is 106 cm³/mol. The fourth-order valence-corrected chi connectivity index (χ4v) is 3.97. The number of hydrogen-bond donors (Lipinski definition) is 0. The molecule has 1 saturated heterocycles. The quantitative estimate of drug-likeness (QED) is 0.831. The first-order chi connectivity index (χ1) is 13.3. The Bertz CT molecular complexity index is 852. The topological polar surface area (TPSA) is 40.6 Å². The Morgan fingerprint density at radius 1 is 0.704 bits per heavy atom. The molecule has 138 valence electrons. The van der Waals surface area contributed by atoms with Gasteiger partial charge in [0, 0.05) is 25.2 Å². The smallest absolute Gasteiger partial charge is 0.270 e. The van der Waals surface area contributed by atoms with E-state index in [1.165, 1.54) is 6.42 Å². The molecule has 0 saturated carbocycles. The van der Waals surface area contributed by atoms with Gasteiger partial charge in [0.25, 0.3) is 11.8 Å². The van der Waals surface area contributed by atoms with Crippen molar-refractivity contribution in [2.45, 2.75) is 25.7 Å². The van der Waals surface area contributed by atoms with Crippen molar-refractivity contribution in [2.24, 2.45) is 0 Å². The molecular formula is C23H24N2O2. The Kier molecular flexibility index (Phi) is 5.05. The number of nitrogens with zero attached hydrogens (tertiary/aromatic N) is 2. The number of benzene rings is 2. The van der Waals surface area contributed by atoms with Crippen LogP contribution in [0.15, 0.2) is 66.4 Å². The summed E-state index contributed by atoms with van der Waals surface area (Å²) >= 11 is 0. The van der Waals surface area contributed by atoms with Crippen LogP contribution in [0.5, 0.6) is 0 Å². The highest BCUT2D eigenvalue weighted by Gasteiger charge is 2.35. The molecule has 0 N–H and O–H groups in total. The van der Waals surface area contributed by atoms with E-state index < -0.39 is 0 Å². The molecule has 0 spiro atoms. The lowest BCUT2D eigenvalue weighted by Gasteiger charge is -2.30. The molecule has 0 aliphatic carbocycles. The van der Waals surface area contributed by atoms with E-state index in [0.29, 0.717) is 24.2 Å². The van der Waals surface area contributed by atoms with Gasteiger partial charge in [0.15, 0.2) is 0 Å². The third-order valence-corrected chi connectivity index (χ3v) is 5.38. The molecule has 4 heteroatoms. The lowest BCUT2D eigenvalue weighted by molar-refractivity contribution is -0.129. The van der Waals surface area contributed by atoms with Crippen molar-refractivity contribution in [1.29, 1.82) is 0 Å². The van der Waals surface area contributed by atoms with Gasteiger partial charge in [-0.1, -0.05) is 48.5 Å². The molecular weight excluding hydrogens is 336 g/mol. The molecule has 2 heterocycles. The van der Waals surface area contributed by atoms with E-state index in [4.69, 9.17) is 0 Å². The normalized spacial score (nSPS) is 17.3. The van der Waals surface area contributed by atoms with Crippen molar-refractivity contribution in [3.63, 3.8) is 0 Å². The van der Waals surface area contributed by atoms with Gasteiger partial charge in [-0.25, -0.2) is 0 Å². The second-order valence-corrected chi connectivity index (χ2v) is 7.12. The number of carbonyl (C=O) groups excluding carboxylic acids is 2. The van der Waals surface area contributed by atoms with Gasteiger partial charge < -0.3 is 9.80 Å². The van der Waals surface area contributed by atoms with Gasteiger partial charge in [-0.15, -0.1) is 0 Å². The van der Waals surface area contributed by atoms with Gasteiger partial charge in [0.05, 0.1) is 0 Å². The van der Waals surface area contributed by atoms with Gasteiger partial charge >= 0.3 is 0 Å². The molecule has 2 amide bonds. The van der Waals surface area contributed by atoms with E-state index in [9.17, 15) is 9.59 Å². The monoisotopic (exact) mass is 360 g/mol. The fraction of sp³-hybridized carbons (Fsp3) is 0.304. The van der Waals surface area contributed by atoms with Crippen LogP contribution >= 0.6 is 0 Å². The van der Waals surface area contributed by atoms with E-state index in [0.717, 1.165) is 37.1 Å². The van der Waals surface area contributed by atoms with Crippen LogP contribution in [0.1, 0.15) is 41.6 Å². The Hall–Kier alpha value is -2.88. The largest absolute Gasteiger partial charge is 0.337 e. The molecule has 4 nitrogen and oxygen atoms in total. The molecule has 2 aromatic carbocycles. The Morgan fingerprint density at radius 3 is 2.00 bits per heavy atom. The minimum atomic E-state index is -0.0955. The van der Waals surface area contributed by atoms with E-state index in [-0.39, 0.29) is 11.8 Å². The van der Waals surface area contributed by atoms with Crippen molar-refractivity contribution in [1.82, 2.24) is 9.80 Å². The average Bonchev–Trinajstić information content (AvgIpc) is 3.19. The molecule has 2 aromatic rings. The highest BCUT2D eigenvalue weighted by atomic mass is 16.2. The van der Waals surface area contributed by atoms with E-state index in [1.54, 1.807) is 4.90 Å². The highest BCUT2D eigenvalue weighted by Crippen LogP contribution is 2.34. The first-order valence-electron chi connectivity index (χ1n) is 9.70. The maximum absolute atomic E-state index is 13.4. The van der Waals surface area contributed by atoms with Crippen molar-refractivity contribution >= 4 is 17.4 Å². The van der Waals surface area contributed by atoms with Crippen LogP contribution in [0.25, 0.3) is 5.57 Å². The zero-order valence-corrected chi connectivity index (χ0v) is 15.4. The average molecular weight is 360 g/mol. The summed E-state index contributed by atoms with van der Waals surface area (Å²) in [5.41, 5.74) is 3.20. The minimum Gasteiger partial charge on any atom is -0.337 e. The van der Waals surface area contributed by atoms with E-state index in [1.807, 2.05) is 65.6 Å². The summed E-state index contributed by atoms with van der Waals surface area (Å²) < 4.78 is 0. The molecule has 2 aliphatic heterocycles. The van der Waals surface area contributed by atoms with E-state index >= 15 is 0 Å². The molecule has 2 aliphatic rings. The van der Waals surface area contributed by atoms with E-state index in [2.05, 4.69) is 0 Å². The van der Waals surface area contributed by atoms with Crippen LogP contribution in [0.4, 0.5) is 0 Å². The highest BCUT2D eigenvalue weighted by molar-refractivity contribution is 6.08. The third-order valence-electron chi connectivity index (χ3n) is 5.38. The first-order valence-corrected chi connectivity index (χ1v) is 9.70. The fourth-order valence-electron chi connectivity index (χ4n) is 3.97. The molecule has 0 unspecified atom stereocenters. The Labute approximate surface area is 160 Å². The molecule has 4 rings (SSSR count). The van der Waals surface area contributed by atoms with Gasteiger partial charge in [-0.3, -0.25) is 9.59 Å². The standard InChI is InChI=1S/C23H24N2O2/c26-22(19-12-6-2-7-13-19)25-17-14-20(18-10-4-1-5-11-18)21(25)23(27)24-15-8-3-9-16-24/h1-2,4-7,10-13H,3,8-9,14-17H2. The second-order valence-electron chi connectivity index (χ2n) is 7.12. The number of hydrogen-bond acceptors (Lipinski definition) is 2. The molecule has 1 fully saturated rings. The number of rotatable bonds is 3. The number of amides is 2. The van der Waals surface area contributed by atoms with Crippen LogP contribution in [-0.4, -0.2) is 41.2 Å². The lowest BCUT2D eigenvalue weighted by Crippen LogP contribution is -2.41. The maximum Gasteiger partial charge on any atom is 0.270 e. The summed E-state index contributed by atoms with van der Waals surface area (Å²) in [6, 6.07) is 19.2. The lowest BCUT2D eigenvalue weighted by atomic mass is 10.0. The summed E-state index contributed by atoms with van der Waals surface area (Å²) in [7, 11) is 0. The zero-order chi connectivity index (χ0) is 18.6. The summed E-state index contributed by atoms with van der Waals surface area (Å²) in [6.45, 7) is 2.10. The predicted octanol–water partition coefficient (Wildman–Crippen LogP) is 3.96. The molecule has 0 aromatic heterocycles. The maximum atomic E-state index is 13.4. The molecule has 0 atom stereocenters. The van der Waals surface area contributed by atoms with Gasteiger partial charge in [0.2, 0.25) is 0 Å². The van der Waals surface area contributed by atoms with Gasteiger partial charge in [-0.05, 0) is 49.0 Å². The summed E-state index contributed by atoms with van der Waals surface area (Å²) in [5, 5.41) is 0. The number of likely N-dealkylation sites (tertiary alicyclic amines) is 1. The van der Waals surface area contributed by atoms with Crippen molar-refractivity contribution in [3.05, 3.63) is 77.5 Å². The third kappa shape index (κ3) is 3.52. The van der Waals surface area contributed by atoms with Gasteiger partial charge in [-0.2, -0.15) is 0 Å². The second kappa shape index (κ2) is 7.78.